The highest BCUT2D eigenvalue weighted by Gasteiger charge is 2.47. The summed E-state index contributed by atoms with van der Waals surface area (Å²) < 4.78 is 6.38. The molecule has 2 aliphatic carbocycles. The van der Waals surface area contributed by atoms with Gasteiger partial charge in [-0.05, 0) is 82.4 Å². The molecule has 0 radical (unpaired) electrons. The molecule has 142 valence electrons. The number of ether oxygens (including phenoxy) is 1. The Labute approximate surface area is 161 Å². The molecule has 4 fully saturated rings. The average molecular weight is 374 g/mol. The van der Waals surface area contributed by atoms with E-state index in [1.54, 1.807) is 6.34 Å². The van der Waals surface area contributed by atoms with Crippen molar-refractivity contribution in [2.75, 3.05) is 13.1 Å². The second-order valence-electron chi connectivity index (χ2n) is 8.82. The number of hydrogen-bond donors (Lipinski definition) is 0. The van der Waals surface area contributed by atoms with E-state index in [2.05, 4.69) is 27.9 Å². The van der Waals surface area contributed by atoms with Gasteiger partial charge in [0.2, 0.25) is 5.88 Å². The smallest absolute Gasteiger partial charge is 0.211 e. The second kappa shape index (κ2) is 7.31. The van der Waals surface area contributed by atoms with Crippen molar-refractivity contribution < 1.29 is 4.74 Å². The lowest BCUT2D eigenvalue weighted by Crippen LogP contribution is -2.37. The first-order valence-corrected chi connectivity index (χ1v) is 11.6. The lowest BCUT2D eigenvalue weighted by atomic mass is 9.85. The Morgan fingerprint density at radius 2 is 1.88 bits per heavy atom. The number of thioether (sulfide) groups is 1. The summed E-state index contributed by atoms with van der Waals surface area (Å²) in [6.45, 7) is 5.03. The zero-order valence-electron chi connectivity index (χ0n) is 15.8. The van der Waals surface area contributed by atoms with Crippen LogP contribution in [-0.4, -0.2) is 46.8 Å². The van der Waals surface area contributed by atoms with Gasteiger partial charge >= 0.3 is 0 Å². The van der Waals surface area contributed by atoms with Crippen LogP contribution in [0.2, 0.25) is 0 Å². The van der Waals surface area contributed by atoms with E-state index >= 15 is 0 Å². The van der Waals surface area contributed by atoms with Crippen molar-refractivity contribution in [2.24, 2.45) is 27.7 Å². The summed E-state index contributed by atoms with van der Waals surface area (Å²) in [5.74, 6) is 2.78. The van der Waals surface area contributed by atoms with Crippen molar-refractivity contribution in [3.63, 3.8) is 0 Å². The fourth-order valence-corrected chi connectivity index (χ4v) is 7.46. The maximum atomic E-state index is 6.38. The first-order chi connectivity index (χ1) is 12.8. The van der Waals surface area contributed by atoms with E-state index in [-0.39, 0.29) is 0 Å². The SMILES string of the molecule is CC1CCC2SC3=NC=NC(OC4CCC(N5CCCC5)CC4)=CC3C12. The third-order valence-corrected chi connectivity index (χ3v) is 8.72. The van der Waals surface area contributed by atoms with E-state index in [9.17, 15) is 0 Å². The summed E-state index contributed by atoms with van der Waals surface area (Å²) in [4.78, 5) is 11.9. The van der Waals surface area contributed by atoms with Crippen LogP contribution in [0, 0.1) is 17.8 Å². The molecule has 26 heavy (non-hydrogen) atoms. The van der Waals surface area contributed by atoms with Gasteiger partial charge in [-0.2, -0.15) is 0 Å². The van der Waals surface area contributed by atoms with Crippen LogP contribution in [0.5, 0.6) is 0 Å². The van der Waals surface area contributed by atoms with E-state index in [0.29, 0.717) is 12.0 Å². The normalized spacial score (nSPS) is 42.8. The fraction of sp³-hybridized carbons (Fsp3) is 0.810. The molecule has 5 aliphatic rings. The third kappa shape index (κ3) is 3.26. The number of nitrogens with zero attached hydrogens (tertiary/aromatic N) is 3. The quantitative estimate of drug-likeness (QED) is 0.732. The van der Waals surface area contributed by atoms with Crippen LogP contribution in [0.4, 0.5) is 0 Å². The molecule has 3 heterocycles. The molecule has 5 heteroatoms. The number of allylic oxidation sites excluding steroid dienone is 1. The van der Waals surface area contributed by atoms with Crippen LogP contribution < -0.4 is 0 Å². The van der Waals surface area contributed by atoms with E-state index in [1.165, 1.54) is 69.5 Å². The molecule has 0 spiro atoms. The van der Waals surface area contributed by atoms with Crippen molar-refractivity contribution in [3.8, 4) is 0 Å². The van der Waals surface area contributed by atoms with Crippen LogP contribution >= 0.6 is 11.8 Å². The summed E-state index contributed by atoms with van der Waals surface area (Å²) >= 11 is 2.00. The van der Waals surface area contributed by atoms with Crippen molar-refractivity contribution in [1.82, 2.24) is 4.90 Å². The molecule has 4 nitrogen and oxygen atoms in total. The van der Waals surface area contributed by atoms with Gasteiger partial charge in [0.05, 0.1) is 5.04 Å². The first-order valence-electron chi connectivity index (χ1n) is 10.7. The summed E-state index contributed by atoms with van der Waals surface area (Å²) in [6, 6.07) is 0.797. The number of rotatable bonds is 3. The Morgan fingerprint density at radius 1 is 1.08 bits per heavy atom. The molecule has 0 N–H and O–H groups in total. The van der Waals surface area contributed by atoms with Gasteiger partial charge in [-0.1, -0.05) is 6.92 Å². The molecule has 0 amide bonds. The lowest BCUT2D eigenvalue weighted by molar-refractivity contribution is 0.0510. The monoisotopic (exact) mass is 373 g/mol. The molecule has 4 atom stereocenters. The zero-order chi connectivity index (χ0) is 17.5. The maximum absolute atomic E-state index is 6.38. The minimum Gasteiger partial charge on any atom is -0.475 e. The Bertz CT molecular complexity index is 617. The fourth-order valence-electron chi connectivity index (χ4n) is 5.81. The Hall–Kier alpha value is -0.810. The van der Waals surface area contributed by atoms with E-state index in [1.807, 2.05) is 11.8 Å². The number of aliphatic imine (C=N–C) groups is 2. The molecular formula is C21H31N3OS. The van der Waals surface area contributed by atoms with Gasteiger partial charge in [0.25, 0.3) is 0 Å². The number of likely N-dealkylation sites (tertiary alicyclic amines) is 1. The number of fused-ring (bicyclic) bond motifs is 3. The zero-order valence-corrected chi connectivity index (χ0v) is 16.7. The Kier molecular flexibility index (Phi) is 4.86. The minimum absolute atomic E-state index is 0.338. The molecule has 2 saturated heterocycles. The standard InChI is InChI=1S/C21H31N3OS/c1-14-4-9-18-20(14)17-12-19(22-13-23-21(17)26-18)25-16-7-5-15(6-8-16)24-10-2-3-11-24/h12-18,20H,2-11H2,1H3. The van der Waals surface area contributed by atoms with Crippen LogP contribution in [0.1, 0.15) is 58.3 Å². The molecule has 0 aromatic carbocycles. The molecule has 0 bridgehead atoms. The minimum atomic E-state index is 0.338. The van der Waals surface area contributed by atoms with Gasteiger partial charge in [-0.25, -0.2) is 9.98 Å². The van der Waals surface area contributed by atoms with Crippen LogP contribution in [0.15, 0.2) is 21.9 Å². The van der Waals surface area contributed by atoms with Gasteiger partial charge < -0.3 is 9.64 Å². The largest absolute Gasteiger partial charge is 0.475 e. The molecule has 2 saturated carbocycles. The van der Waals surface area contributed by atoms with Gasteiger partial charge in [0, 0.05) is 17.2 Å². The maximum Gasteiger partial charge on any atom is 0.211 e. The predicted octanol–water partition coefficient (Wildman–Crippen LogP) is 4.47. The van der Waals surface area contributed by atoms with E-state index < -0.39 is 0 Å². The molecule has 4 unspecified atom stereocenters. The number of hydrogen-bond acceptors (Lipinski definition) is 5. The predicted molar refractivity (Wildman–Crippen MR) is 109 cm³/mol. The van der Waals surface area contributed by atoms with Crippen LogP contribution in [-0.2, 0) is 4.74 Å². The molecule has 0 aromatic heterocycles. The summed E-state index contributed by atoms with van der Waals surface area (Å²) in [7, 11) is 0. The van der Waals surface area contributed by atoms with Crippen molar-refractivity contribution in [1.29, 1.82) is 0 Å². The van der Waals surface area contributed by atoms with Crippen molar-refractivity contribution in [2.45, 2.75) is 75.7 Å². The highest BCUT2D eigenvalue weighted by molar-refractivity contribution is 8.15. The van der Waals surface area contributed by atoms with E-state index in [0.717, 1.165) is 29.0 Å². The lowest BCUT2D eigenvalue weighted by Gasteiger charge is -2.34. The van der Waals surface area contributed by atoms with Crippen LogP contribution in [0.25, 0.3) is 0 Å². The van der Waals surface area contributed by atoms with Gasteiger partial charge in [0.15, 0.2) is 0 Å². The average Bonchev–Trinajstić information content (AvgIpc) is 3.34. The first kappa shape index (κ1) is 17.3. The highest BCUT2D eigenvalue weighted by Crippen LogP contribution is 2.52. The van der Waals surface area contributed by atoms with Gasteiger partial charge in [-0.15, -0.1) is 11.8 Å². The molecule has 5 rings (SSSR count). The van der Waals surface area contributed by atoms with Gasteiger partial charge in [-0.3, -0.25) is 0 Å². The van der Waals surface area contributed by atoms with Gasteiger partial charge in [0.1, 0.15) is 12.4 Å². The summed E-state index contributed by atoms with van der Waals surface area (Å²) in [5, 5.41) is 2.03. The third-order valence-electron chi connectivity index (χ3n) is 7.25. The topological polar surface area (TPSA) is 37.2 Å². The highest BCUT2D eigenvalue weighted by atomic mass is 32.2. The summed E-state index contributed by atoms with van der Waals surface area (Å²) in [6.07, 6.45) is 14.8. The van der Waals surface area contributed by atoms with Crippen LogP contribution in [0.3, 0.4) is 0 Å². The second-order valence-corrected chi connectivity index (χ2v) is 10.1. The van der Waals surface area contributed by atoms with Crippen molar-refractivity contribution in [3.05, 3.63) is 12.0 Å². The molecule has 3 aliphatic heterocycles. The Morgan fingerprint density at radius 3 is 2.69 bits per heavy atom. The summed E-state index contributed by atoms with van der Waals surface area (Å²) in [5.41, 5.74) is 0. The molecular weight excluding hydrogens is 342 g/mol. The molecule has 0 aromatic rings. The van der Waals surface area contributed by atoms with Crippen molar-refractivity contribution >= 4 is 23.1 Å². The van der Waals surface area contributed by atoms with E-state index in [4.69, 9.17) is 4.74 Å². The Balaban J connectivity index is 1.22.